The van der Waals surface area contributed by atoms with Crippen molar-refractivity contribution >= 4 is 30.6 Å². The molecule has 0 amide bonds. The van der Waals surface area contributed by atoms with Crippen LogP contribution in [0, 0.1) is 17.8 Å². The molecule has 1 saturated carbocycles. The molecule has 0 radical (unpaired) electrons. The lowest BCUT2D eigenvalue weighted by Crippen LogP contribution is -2.61. The number of hydrogen-bond acceptors (Lipinski definition) is 4. The minimum atomic E-state index is 0. The summed E-state index contributed by atoms with van der Waals surface area (Å²) in [4.78, 5) is 6.72. The van der Waals surface area contributed by atoms with Crippen LogP contribution in [0.1, 0.15) is 12.8 Å². The summed E-state index contributed by atoms with van der Waals surface area (Å²) in [5.74, 6) is 3.78. The Labute approximate surface area is 131 Å². The van der Waals surface area contributed by atoms with Crippen molar-refractivity contribution in [1.29, 1.82) is 0 Å². The van der Waals surface area contributed by atoms with Gasteiger partial charge in [-0.15, -0.1) is 24.8 Å². The van der Waals surface area contributed by atoms with Crippen molar-refractivity contribution in [2.24, 2.45) is 17.8 Å². The van der Waals surface area contributed by atoms with Crippen molar-refractivity contribution < 1.29 is 4.74 Å². The molecule has 0 aromatic carbocycles. The number of anilines is 1. The molecule has 4 nitrogen and oxygen atoms in total. The third-order valence-electron chi connectivity index (χ3n) is 4.73. The molecular formula is C14H21Cl2N3O. The first-order valence-electron chi connectivity index (χ1n) is 6.88. The second kappa shape index (κ2) is 5.96. The molecule has 6 heteroatoms. The Morgan fingerprint density at radius 3 is 2.35 bits per heavy atom. The second-order valence-electron chi connectivity index (χ2n) is 6.08. The minimum absolute atomic E-state index is 0. The van der Waals surface area contributed by atoms with Crippen LogP contribution in [0.15, 0.2) is 18.3 Å². The molecular weight excluding hydrogens is 297 g/mol. The normalized spacial score (nSPS) is 36.9. The summed E-state index contributed by atoms with van der Waals surface area (Å²) < 4.78 is 6.20. The molecule has 3 saturated heterocycles. The number of piperidine rings is 3. The number of rotatable bonds is 2. The zero-order chi connectivity index (χ0) is 12.1. The van der Waals surface area contributed by atoms with E-state index < -0.39 is 0 Å². The second-order valence-corrected chi connectivity index (χ2v) is 6.08. The summed E-state index contributed by atoms with van der Waals surface area (Å²) >= 11 is 0. The van der Waals surface area contributed by atoms with Crippen molar-refractivity contribution in [3.8, 4) is 5.75 Å². The number of pyridine rings is 1. The van der Waals surface area contributed by atoms with E-state index in [9.17, 15) is 0 Å². The van der Waals surface area contributed by atoms with Gasteiger partial charge in [0.1, 0.15) is 17.7 Å². The molecule has 0 unspecified atom stereocenters. The maximum atomic E-state index is 6.20. The molecule has 4 heterocycles. The number of aromatic nitrogens is 1. The number of nitrogens with zero attached hydrogens (tertiary/aromatic N) is 2. The molecule has 4 fully saturated rings. The highest BCUT2D eigenvalue weighted by Crippen LogP contribution is 2.44. The highest BCUT2D eigenvalue weighted by atomic mass is 35.5. The monoisotopic (exact) mass is 317 g/mol. The van der Waals surface area contributed by atoms with E-state index in [2.05, 4.69) is 9.88 Å². The third kappa shape index (κ3) is 2.69. The summed E-state index contributed by atoms with van der Waals surface area (Å²) in [5, 5.41) is 0. The Hall–Kier alpha value is -0.710. The van der Waals surface area contributed by atoms with Crippen LogP contribution in [-0.2, 0) is 0 Å². The van der Waals surface area contributed by atoms with Crippen molar-refractivity contribution in [2.45, 2.75) is 18.9 Å². The summed E-state index contributed by atoms with van der Waals surface area (Å²) in [6, 6.07) is 3.75. The first kappa shape index (κ1) is 15.7. The van der Waals surface area contributed by atoms with Gasteiger partial charge in [-0.3, -0.25) is 0 Å². The molecule has 1 aromatic heterocycles. The van der Waals surface area contributed by atoms with Gasteiger partial charge in [0.15, 0.2) is 0 Å². The van der Waals surface area contributed by atoms with Gasteiger partial charge < -0.3 is 15.4 Å². The third-order valence-corrected chi connectivity index (χ3v) is 4.73. The molecule has 4 bridgehead atoms. The standard InChI is InChI=1S/C14H19N3O.2ClH/c15-13-2-1-12(5-16-13)18-14-10-3-9-4-11(14)8-17(6-9)7-10;;/h1-2,5,9-11,14H,3-4,6-8H2,(H2,15,16);2*1H/t9?,10-,11-,14?;;/m0../s1. The topological polar surface area (TPSA) is 51.4 Å². The summed E-state index contributed by atoms with van der Waals surface area (Å²) in [6.45, 7) is 3.77. The van der Waals surface area contributed by atoms with Gasteiger partial charge in [-0.2, -0.15) is 0 Å². The zero-order valence-electron chi connectivity index (χ0n) is 11.3. The van der Waals surface area contributed by atoms with Crippen molar-refractivity contribution in [3.05, 3.63) is 18.3 Å². The average Bonchev–Trinajstić information content (AvgIpc) is 2.35. The Morgan fingerprint density at radius 2 is 1.80 bits per heavy atom. The number of nitrogens with two attached hydrogens (primary N) is 1. The van der Waals surface area contributed by atoms with Gasteiger partial charge in [0.2, 0.25) is 0 Å². The fraction of sp³-hybridized carbons (Fsp3) is 0.643. The maximum absolute atomic E-state index is 6.20. The number of hydrogen-bond donors (Lipinski definition) is 1. The molecule has 1 aliphatic carbocycles. The van der Waals surface area contributed by atoms with Crippen molar-refractivity contribution in [2.75, 3.05) is 25.4 Å². The number of halogens is 2. The van der Waals surface area contributed by atoms with Crippen LogP contribution in [0.4, 0.5) is 5.82 Å². The SMILES string of the molecule is Cl.Cl.Nc1ccc(OC2[C@H]3CC4C[C@H]2CN(C4)C3)cn1. The maximum Gasteiger partial charge on any atom is 0.138 e. The lowest BCUT2D eigenvalue weighted by atomic mass is 9.66. The predicted molar refractivity (Wildman–Crippen MR) is 83.7 cm³/mol. The van der Waals surface area contributed by atoms with Gasteiger partial charge in [-0.25, -0.2) is 4.98 Å². The predicted octanol–water partition coefficient (Wildman–Crippen LogP) is 2.23. The van der Waals surface area contributed by atoms with E-state index in [0.29, 0.717) is 23.8 Å². The molecule has 2 N–H and O–H groups in total. The van der Waals surface area contributed by atoms with Gasteiger partial charge in [-0.1, -0.05) is 0 Å². The first-order chi connectivity index (χ1) is 8.78. The van der Waals surface area contributed by atoms with Crippen LogP contribution in [0.2, 0.25) is 0 Å². The summed E-state index contributed by atoms with van der Waals surface area (Å²) in [6.07, 6.45) is 4.84. The van der Waals surface area contributed by atoms with Crippen LogP contribution in [0.5, 0.6) is 5.75 Å². The smallest absolute Gasteiger partial charge is 0.138 e. The Kier molecular flexibility index (Phi) is 4.67. The van der Waals surface area contributed by atoms with E-state index in [1.807, 2.05) is 12.1 Å². The Morgan fingerprint density at radius 1 is 1.10 bits per heavy atom. The molecule has 1 aromatic rings. The minimum Gasteiger partial charge on any atom is -0.488 e. The van der Waals surface area contributed by atoms with Gasteiger partial charge >= 0.3 is 0 Å². The van der Waals surface area contributed by atoms with E-state index in [0.717, 1.165) is 11.7 Å². The van der Waals surface area contributed by atoms with Gasteiger partial charge in [0, 0.05) is 31.5 Å². The molecule has 3 aliphatic heterocycles. The number of nitrogen functional groups attached to an aromatic ring is 1. The van der Waals surface area contributed by atoms with Gasteiger partial charge in [-0.05, 0) is 30.9 Å². The Balaban J connectivity index is 0.000000735. The van der Waals surface area contributed by atoms with Crippen LogP contribution in [-0.4, -0.2) is 35.6 Å². The van der Waals surface area contributed by atoms with E-state index in [4.69, 9.17) is 10.5 Å². The molecule has 2 atom stereocenters. The van der Waals surface area contributed by atoms with E-state index >= 15 is 0 Å². The fourth-order valence-corrected chi connectivity index (χ4v) is 4.17. The lowest BCUT2D eigenvalue weighted by Gasteiger charge is -2.55. The molecule has 20 heavy (non-hydrogen) atoms. The highest BCUT2D eigenvalue weighted by molar-refractivity contribution is 5.85. The Bertz CT molecular complexity index is 426. The van der Waals surface area contributed by atoms with Crippen molar-refractivity contribution in [3.63, 3.8) is 0 Å². The van der Waals surface area contributed by atoms with Crippen molar-refractivity contribution in [1.82, 2.24) is 9.88 Å². The van der Waals surface area contributed by atoms with E-state index in [-0.39, 0.29) is 24.8 Å². The average molecular weight is 318 g/mol. The van der Waals surface area contributed by atoms with Crippen LogP contribution >= 0.6 is 24.8 Å². The quantitative estimate of drug-likeness (QED) is 0.908. The number of ether oxygens (including phenoxy) is 1. The van der Waals surface area contributed by atoms with E-state index in [1.54, 1.807) is 6.20 Å². The zero-order valence-corrected chi connectivity index (χ0v) is 12.9. The van der Waals surface area contributed by atoms with Crippen LogP contribution in [0.3, 0.4) is 0 Å². The van der Waals surface area contributed by atoms with Gasteiger partial charge in [0.05, 0.1) is 6.20 Å². The molecule has 4 aliphatic rings. The van der Waals surface area contributed by atoms with Crippen LogP contribution in [0.25, 0.3) is 0 Å². The summed E-state index contributed by atoms with van der Waals surface area (Å²) in [7, 11) is 0. The lowest BCUT2D eigenvalue weighted by molar-refractivity contribution is -0.0985. The van der Waals surface area contributed by atoms with E-state index in [1.165, 1.54) is 32.5 Å². The summed E-state index contributed by atoms with van der Waals surface area (Å²) in [5.41, 5.74) is 5.60. The molecule has 5 rings (SSSR count). The molecule has 112 valence electrons. The van der Waals surface area contributed by atoms with Gasteiger partial charge in [0.25, 0.3) is 0 Å². The fourth-order valence-electron chi connectivity index (χ4n) is 4.17. The van der Waals surface area contributed by atoms with Crippen LogP contribution < -0.4 is 10.5 Å². The highest BCUT2D eigenvalue weighted by Gasteiger charge is 2.48. The largest absolute Gasteiger partial charge is 0.488 e. The first-order valence-corrected chi connectivity index (χ1v) is 6.88. The molecule has 0 spiro atoms.